The van der Waals surface area contributed by atoms with Crippen LogP contribution in [-0.2, 0) is 16.6 Å². The first kappa shape index (κ1) is 20.9. The molecule has 0 heterocycles. The van der Waals surface area contributed by atoms with Crippen LogP contribution in [0.5, 0.6) is 0 Å². The molecule has 3 N–H and O–H groups in total. The lowest BCUT2D eigenvalue weighted by Gasteiger charge is -2.16. The number of sulfonamides is 1. The van der Waals surface area contributed by atoms with Crippen molar-refractivity contribution in [3.8, 4) is 0 Å². The Kier molecular flexibility index (Phi) is 8.71. The topological polar surface area (TPSA) is 82.6 Å². The molecule has 0 atom stereocenters. The molecular weight excluding hydrogens is 439 g/mol. The van der Waals surface area contributed by atoms with E-state index in [9.17, 15) is 8.42 Å². The quantitative estimate of drug-likeness (QED) is 0.260. The molecule has 0 saturated carbocycles. The van der Waals surface area contributed by atoms with Crippen molar-refractivity contribution < 1.29 is 8.42 Å². The fourth-order valence-electron chi connectivity index (χ4n) is 2.31. The molecule has 0 amide bonds. The first-order valence-corrected chi connectivity index (χ1v) is 9.26. The Hall–Kier alpha value is -1.13. The Balaban J connectivity index is 0.00000288. The second kappa shape index (κ2) is 10.00. The van der Waals surface area contributed by atoms with Gasteiger partial charge in [0.2, 0.25) is 10.0 Å². The number of guanidine groups is 1. The summed E-state index contributed by atoms with van der Waals surface area (Å²) in [6, 6.07) is 7.16. The molecule has 0 spiro atoms. The lowest BCUT2D eigenvalue weighted by molar-refractivity contribution is 0.588. The third-order valence-corrected chi connectivity index (χ3v) is 5.05. The smallest absolute Gasteiger partial charge is 0.240 e. The predicted octanol–water partition coefficient (Wildman–Crippen LogP) is 1.99. The third kappa shape index (κ3) is 6.06. The van der Waals surface area contributed by atoms with Crippen molar-refractivity contribution in [3.63, 3.8) is 0 Å². The van der Waals surface area contributed by atoms with Gasteiger partial charge in [-0.15, -0.1) is 24.0 Å². The minimum absolute atomic E-state index is 0. The molecule has 6 nitrogen and oxygen atoms in total. The molecule has 0 unspecified atom stereocenters. The Morgan fingerprint density at radius 1 is 1.21 bits per heavy atom. The second-order valence-electron chi connectivity index (χ2n) is 5.33. The van der Waals surface area contributed by atoms with Crippen molar-refractivity contribution in [1.29, 1.82) is 0 Å². The van der Waals surface area contributed by atoms with Gasteiger partial charge in [-0.3, -0.25) is 0 Å². The molecule has 0 radical (unpaired) electrons. The minimum atomic E-state index is -3.39. The largest absolute Gasteiger partial charge is 0.357 e. The molecular formula is C16H25IN4O2S. The van der Waals surface area contributed by atoms with Crippen LogP contribution in [0, 0.1) is 0 Å². The van der Waals surface area contributed by atoms with Crippen LogP contribution in [0.1, 0.15) is 25.3 Å². The van der Waals surface area contributed by atoms with E-state index in [1.54, 1.807) is 24.3 Å². The Morgan fingerprint density at radius 3 is 2.38 bits per heavy atom. The molecule has 2 rings (SSSR count). The number of halogens is 1. The number of hydrogen-bond acceptors (Lipinski definition) is 3. The number of nitrogens with one attached hydrogen (secondary N) is 3. The van der Waals surface area contributed by atoms with Crippen molar-refractivity contribution in [2.75, 3.05) is 13.6 Å². The molecule has 1 aliphatic rings. The van der Waals surface area contributed by atoms with Gasteiger partial charge in [0.25, 0.3) is 0 Å². The molecule has 24 heavy (non-hydrogen) atoms. The average Bonchev–Trinajstić information content (AvgIpc) is 3.06. The molecule has 0 fully saturated rings. The highest BCUT2D eigenvalue weighted by Crippen LogP contribution is 2.11. The summed E-state index contributed by atoms with van der Waals surface area (Å²) in [7, 11) is -1.99. The first-order valence-electron chi connectivity index (χ1n) is 7.77. The summed E-state index contributed by atoms with van der Waals surface area (Å²) < 4.78 is 25.7. The van der Waals surface area contributed by atoms with Crippen LogP contribution in [0.25, 0.3) is 0 Å². The Labute approximate surface area is 161 Å². The van der Waals surface area contributed by atoms with Crippen molar-refractivity contribution in [2.45, 2.75) is 37.2 Å². The number of aliphatic imine (C=N–C) groups is 1. The van der Waals surface area contributed by atoms with Gasteiger partial charge in [0, 0.05) is 12.6 Å². The summed E-state index contributed by atoms with van der Waals surface area (Å²) in [5.74, 6) is 0.785. The second-order valence-corrected chi connectivity index (χ2v) is 7.22. The van der Waals surface area contributed by atoms with Gasteiger partial charge in [-0.25, -0.2) is 18.1 Å². The summed E-state index contributed by atoms with van der Waals surface area (Å²) in [6.45, 7) is 3.32. The van der Waals surface area contributed by atoms with Gasteiger partial charge in [0.15, 0.2) is 5.96 Å². The monoisotopic (exact) mass is 464 g/mol. The van der Waals surface area contributed by atoms with E-state index in [1.165, 1.54) is 7.05 Å². The van der Waals surface area contributed by atoms with Crippen molar-refractivity contribution in [2.24, 2.45) is 4.99 Å². The Morgan fingerprint density at radius 2 is 1.83 bits per heavy atom. The van der Waals surface area contributed by atoms with Crippen LogP contribution >= 0.6 is 24.0 Å². The number of rotatable bonds is 6. The van der Waals surface area contributed by atoms with Gasteiger partial charge in [-0.05, 0) is 44.5 Å². The van der Waals surface area contributed by atoms with E-state index >= 15 is 0 Å². The minimum Gasteiger partial charge on any atom is -0.357 e. The fraction of sp³-hybridized carbons (Fsp3) is 0.438. The van der Waals surface area contributed by atoms with Crippen molar-refractivity contribution in [1.82, 2.24) is 15.4 Å². The van der Waals surface area contributed by atoms with Crippen LogP contribution in [0.15, 0.2) is 46.3 Å². The maximum Gasteiger partial charge on any atom is 0.240 e. The van der Waals surface area contributed by atoms with E-state index in [2.05, 4.69) is 32.5 Å². The van der Waals surface area contributed by atoms with Gasteiger partial charge >= 0.3 is 0 Å². The Bertz CT molecular complexity index is 664. The summed E-state index contributed by atoms with van der Waals surface area (Å²) in [5, 5.41) is 6.63. The van der Waals surface area contributed by atoms with E-state index in [-0.39, 0.29) is 28.9 Å². The molecule has 134 valence electrons. The highest BCUT2D eigenvalue weighted by Gasteiger charge is 2.12. The zero-order chi connectivity index (χ0) is 16.7. The number of nitrogens with zero attached hydrogens (tertiary/aromatic N) is 1. The van der Waals surface area contributed by atoms with Crippen molar-refractivity contribution in [3.05, 3.63) is 42.0 Å². The molecule has 1 aliphatic carbocycles. The highest BCUT2D eigenvalue weighted by molar-refractivity contribution is 14.0. The van der Waals surface area contributed by atoms with Crippen LogP contribution in [0.2, 0.25) is 0 Å². The van der Waals surface area contributed by atoms with Gasteiger partial charge < -0.3 is 10.6 Å². The lowest BCUT2D eigenvalue weighted by Crippen LogP contribution is -2.42. The van der Waals surface area contributed by atoms with E-state index in [0.29, 0.717) is 12.6 Å². The van der Waals surface area contributed by atoms with Gasteiger partial charge in [0.1, 0.15) is 0 Å². The van der Waals surface area contributed by atoms with E-state index in [0.717, 1.165) is 30.9 Å². The molecule has 1 aromatic rings. The zero-order valence-corrected chi connectivity index (χ0v) is 17.1. The van der Waals surface area contributed by atoms with E-state index < -0.39 is 10.0 Å². The molecule has 1 aromatic carbocycles. The van der Waals surface area contributed by atoms with Crippen LogP contribution < -0.4 is 15.4 Å². The molecule has 8 heteroatoms. The molecule has 0 saturated heterocycles. The average molecular weight is 464 g/mol. The predicted molar refractivity (Wildman–Crippen MR) is 108 cm³/mol. The maximum absolute atomic E-state index is 11.7. The van der Waals surface area contributed by atoms with E-state index in [1.807, 2.05) is 6.92 Å². The molecule has 0 bridgehead atoms. The summed E-state index contributed by atoms with van der Waals surface area (Å²) in [4.78, 5) is 4.82. The van der Waals surface area contributed by atoms with Gasteiger partial charge in [-0.2, -0.15) is 0 Å². The van der Waals surface area contributed by atoms with Gasteiger partial charge in [-0.1, -0.05) is 24.3 Å². The van der Waals surface area contributed by atoms with Gasteiger partial charge in [0.05, 0.1) is 11.4 Å². The van der Waals surface area contributed by atoms with Crippen LogP contribution in [0.4, 0.5) is 0 Å². The lowest BCUT2D eigenvalue weighted by atomic mass is 10.2. The van der Waals surface area contributed by atoms with E-state index in [4.69, 9.17) is 0 Å². The summed E-state index contributed by atoms with van der Waals surface area (Å²) in [5.41, 5.74) is 0.960. The maximum atomic E-state index is 11.7. The fourth-order valence-corrected chi connectivity index (χ4v) is 3.04. The normalized spacial score (nSPS) is 15.2. The zero-order valence-electron chi connectivity index (χ0n) is 14.0. The number of hydrogen-bond donors (Lipinski definition) is 3. The van der Waals surface area contributed by atoms with Crippen LogP contribution in [0.3, 0.4) is 0 Å². The standard InChI is InChI=1S/C16H24N4O2S.HI/c1-3-18-16(20-14-6-4-5-7-14)19-12-13-8-10-15(11-9-13)23(21,22)17-2;/h4-5,8-11,14,17H,3,6-7,12H2,1-2H3,(H2,18,19,20);1H. The molecule has 0 aromatic heterocycles. The SMILES string of the molecule is CCNC(=NCc1ccc(S(=O)(=O)NC)cc1)NC1CC=CC1.I. The highest BCUT2D eigenvalue weighted by atomic mass is 127. The van der Waals surface area contributed by atoms with Crippen LogP contribution in [-0.4, -0.2) is 34.0 Å². The molecule has 0 aliphatic heterocycles. The first-order chi connectivity index (χ1) is 11.0. The number of benzene rings is 1. The van der Waals surface area contributed by atoms with Crippen molar-refractivity contribution >= 4 is 40.0 Å². The summed E-state index contributed by atoms with van der Waals surface area (Å²) >= 11 is 0. The third-order valence-electron chi connectivity index (χ3n) is 3.62. The summed E-state index contributed by atoms with van der Waals surface area (Å²) in [6.07, 6.45) is 6.37.